The highest BCUT2D eigenvalue weighted by Crippen LogP contribution is 2.35. The molecule has 36 heavy (non-hydrogen) atoms. The number of benzene rings is 2. The fourth-order valence-electron chi connectivity index (χ4n) is 5.10. The Morgan fingerprint density at radius 1 is 1.28 bits per heavy atom. The van der Waals surface area contributed by atoms with Crippen LogP contribution in [0.1, 0.15) is 24.0 Å². The van der Waals surface area contributed by atoms with Crippen molar-refractivity contribution in [2.24, 2.45) is 5.92 Å². The predicted octanol–water partition coefficient (Wildman–Crippen LogP) is 3.99. The van der Waals surface area contributed by atoms with Crippen molar-refractivity contribution >= 4 is 40.1 Å². The van der Waals surface area contributed by atoms with Crippen LogP contribution in [0.3, 0.4) is 0 Å². The average Bonchev–Trinajstić information content (AvgIpc) is 3.28. The second kappa shape index (κ2) is 11.1. The van der Waals surface area contributed by atoms with Crippen LogP contribution in [0.2, 0.25) is 5.02 Å². The fraction of sp³-hybridized carbons (Fsp3) is 0.357. The molecule has 2 aromatic carbocycles. The molecular weight excluding hydrogens is 474 g/mol. The number of hydrogen-bond donors (Lipinski definition) is 3. The van der Waals surface area contributed by atoms with E-state index in [0.717, 1.165) is 40.7 Å². The Hall–Kier alpha value is -3.47. The van der Waals surface area contributed by atoms with Crippen molar-refractivity contribution in [2.45, 2.75) is 25.3 Å². The summed E-state index contributed by atoms with van der Waals surface area (Å²) in [5.41, 5.74) is 3.80. The van der Waals surface area contributed by atoms with Crippen LogP contribution in [-0.4, -0.2) is 61.6 Å². The number of halogens is 1. The van der Waals surface area contributed by atoms with E-state index in [1.54, 1.807) is 11.0 Å². The number of aromatic amines is 1. The number of nitrogens with zero attached hydrogens (tertiary/aromatic N) is 2. The summed E-state index contributed by atoms with van der Waals surface area (Å²) in [5.74, 6) is 2.15. The minimum Gasteiger partial charge on any atom is -0.361 e. The second-order valence-electron chi connectivity index (χ2n) is 9.64. The summed E-state index contributed by atoms with van der Waals surface area (Å²) in [6.45, 7) is 3.42. The maximum atomic E-state index is 14.2. The van der Waals surface area contributed by atoms with Gasteiger partial charge in [-0.15, -0.1) is 6.42 Å². The minimum absolute atomic E-state index is 0.0736. The predicted molar refractivity (Wildman–Crippen MR) is 145 cm³/mol. The molecule has 0 aliphatic carbocycles. The maximum Gasteiger partial charge on any atom is 0.316 e. The number of anilines is 1. The molecule has 3 amide bonds. The second-order valence-corrected chi connectivity index (χ2v) is 10.1. The van der Waals surface area contributed by atoms with Crippen molar-refractivity contribution in [3.05, 3.63) is 64.8 Å². The highest BCUT2D eigenvalue weighted by Gasteiger charge is 2.37. The Bertz CT molecular complexity index is 1290. The Balaban J connectivity index is 1.72. The number of aromatic nitrogens is 1. The summed E-state index contributed by atoms with van der Waals surface area (Å²) >= 11 is 6.31. The summed E-state index contributed by atoms with van der Waals surface area (Å²) in [6.07, 6.45) is 8.06. The number of H-pyrrole nitrogens is 1. The lowest BCUT2D eigenvalue weighted by Crippen LogP contribution is -2.55. The smallest absolute Gasteiger partial charge is 0.316 e. The van der Waals surface area contributed by atoms with Gasteiger partial charge in [0.1, 0.15) is 6.04 Å². The summed E-state index contributed by atoms with van der Waals surface area (Å²) < 4.78 is 0. The van der Waals surface area contributed by atoms with E-state index in [0.29, 0.717) is 11.6 Å². The fourth-order valence-corrected chi connectivity index (χ4v) is 5.30. The Morgan fingerprint density at radius 2 is 2.06 bits per heavy atom. The first kappa shape index (κ1) is 25.6. The van der Waals surface area contributed by atoms with Crippen LogP contribution >= 0.6 is 11.6 Å². The van der Waals surface area contributed by atoms with E-state index >= 15 is 0 Å². The molecule has 1 aromatic heterocycles. The molecule has 1 aliphatic rings. The highest BCUT2D eigenvalue weighted by molar-refractivity contribution is 6.30. The molecule has 0 bridgehead atoms. The first-order valence-corrected chi connectivity index (χ1v) is 12.4. The molecule has 3 aromatic rings. The van der Waals surface area contributed by atoms with Crippen LogP contribution < -0.4 is 15.5 Å². The summed E-state index contributed by atoms with van der Waals surface area (Å²) in [7, 11) is 4.05. The van der Waals surface area contributed by atoms with E-state index in [1.807, 2.05) is 63.6 Å². The van der Waals surface area contributed by atoms with Crippen LogP contribution in [0.5, 0.6) is 0 Å². The lowest BCUT2D eigenvalue weighted by Gasteiger charge is -2.38. The molecule has 2 heterocycles. The van der Waals surface area contributed by atoms with Crippen LogP contribution in [0, 0.1) is 18.3 Å². The van der Waals surface area contributed by atoms with Gasteiger partial charge in [0.05, 0.1) is 6.54 Å². The zero-order valence-electron chi connectivity index (χ0n) is 20.8. The monoisotopic (exact) mass is 505 g/mol. The number of urea groups is 1. The molecule has 0 radical (unpaired) electrons. The van der Waals surface area contributed by atoms with Gasteiger partial charge in [-0.2, -0.15) is 0 Å². The van der Waals surface area contributed by atoms with Crippen molar-refractivity contribution in [1.82, 2.24) is 20.5 Å². The molecule has 0 fully saturated rings. The van der Waals surface area contributed by atoms with Gasteiger partial charge in [0.25, 0.3) is 0 Å². The van der Waals surface area contributed by atoms with E-state index in [2.05, 4.69) is 26.4 Å². The first-order chi connectivity index (χ1) is 17.3. The number of fused-ring (bicyclic) bond motifs is 2. The largest absolute Gasteiger partial charge is 0.361 e. The van der Waals surface area contributed by atoms with Gasteiger partial charge in [0, 0.05) is 46.8 Å². The van der Waals surface area contributed by atoms with E-state index < -0.39 is 12.1 Å². The zero-order valence-corrected chi connectivity index (χ0v) is 21.6. The third-order valence-electron chi connectivity index (χ3n) is 6.69. The number of rotatable bonds is 7. The molecule has 7 nitrogen and oxygen atoms in total. The molecular formula is C28H32ClN5O2. The molecule has 0 saturated heterocycles. The van der Waals surface area contributed by atoms with Gasteiger partial charge in [0.15, 0.2) is 0 Å². The number of hydrogen-bond acceptors (Lipinski definition) is 3. The summed E-state index contributed by atoms with van der Waals surface area (Å²) in [4.78, 5) is 34.2. The van der Waals surface area contributed by atoms with Gasteiger partial charge < -0.3 is 25.4 Å². The third kappa shape index (κ3) is 5.51. The van der Waals surface area contributed by atoms with Gasteiger partial charge in [-0.25, -0.2) is 4.79 Å². The van der Waals surface area contributed by atoms with Gasteiger partial charge in [-0.1, -0.05) is 42.6 Å². The Labute approximate surface area is 217 Å². The number of terminal acetylenes is 1. The molecule has 3 N–H and O–H groups in total. The molecule has 3 atom stereocenters. The number of para-hydroxylation sites is 1. The lowest BCUT2D eigenvalue weighted by atomic mass is 9.88. The topological polar surface area (TPSA) is 80.5 Å². The molecule has 8 heteroatoms. The van der Waals surface area contributed by atoms with Gasteiger partial charge >= 0.3 is 6.03 Å². The molecule has 2 unspecified atom stereocenters. The molecule has 0 spiro atoms. The van der Waals surface area contributed by atoms with Gasteiger partial charge in [-0.05, 0) is 61.8 Å². The van der Waals surface area contributed by atoms with Gasteiger partial charge in [0.2, 0.25) is 5.91 Å². The lowest BCUT2D eigenvalue weighted by molar-refractivity contribution is -0.121. The Morgan fingerprint density at radius 3 is 2.81 bits per heavy atom. The number of carbonyl (C=O) groups excluding carboxylic acids is 2. The average molecular weight is 506 g/mol. The van der Waals surface area contributed by atoms with Crippen molar-refractivity contribution in [3.63, 3.8) is 0 Å². The minimum atomic E-state index is -0.816. The van der Waals surface area contributed by atoms with E-state index in [1.165, 1.54) is 0 Å². The standard InChI is InChI=1S/C28H32ClN5O2/c1-5-12-30-28(36)32-26(18(2)23-15-31-24-9-7-6-8-22(23)24)27(35)34-17-19(16-33(3)4)13-20-14-21(29)10-11-25(20)34/h1,6-11,14-15,18-19,26,31H,12-13,16-17H2,2-4H3,(H2,30,32,36)/t18?,19-,26?/m1/s1. The normalized spacial score (nSPS) is 16.8. The summed E-state index contributed by atoms with van der Waals surface area (Å²) in [6, 6.07) is 12.3. The molecule has 0 saturated carbocycles. The summed E-state index contributed by atoms with van der Waals surface area (Å²) in [5, 5.41) is 7.20. The van der Waals surface area contributed by atoms with E-state index in [9.17, 15) is 9.59 Å². The SMILES string of the molecule is C#CCNC(=O)NC(C(=O)N1C[C@@H](CN(C)C)Cc2cc(Cl)ccc21)C(C)c1c[nH]c2ccccc12. The molecule has 188 valence electrons. The van der Waals surface area contributed by atoms with E-state index in [-0.39, 0.29) is 24.3 Å². The van der Waals surface area contributed by atoms with Gasteiger partial charge in [-0.3, -0.25) is 4.79 Å². The number of amides is 3. The van der Waals surface area contributed by atoms with Crippen LogP contribution in [0.15, 0.2) is 48.7 Å². The first-order valence-electron chi connectivity index (χ1n) is 12.1. The van der Waals surface area contributed by atoms with Crippen LogP contribution in [0.25, 0.3) is 10.9 Å². The van der Waals surface area contributed by atoms with Crippen molar-refractivity contribution in [1.29, 1.82) is 0 Å². The molecule has 4 rings (SSSR count). The van der Waals surface area contributed by atoms with Crippen LogP contribution in [0.4, 0.5) is 10.5 Å². The number of nitrogens with one attached hydrogen (secondary N) is 3. The maximum absolute atomic E-state index is 14.2. The number of carbonyl (C=O) groups is 2. The van der Waals surface area contributed by atoms with Crippen LogP contribution in [-0.2, 0) is 11.2 Å². The van der Waals surface area contributed by atoms with Crippen molar-refractivity contribution in [3.8, 4) is 12.3 Å². The van der Waals surface area contributed by atoms with Crippen molar-refractivity contribution < 1.29 is 9.59 Å². The zero-order chi connectivity index (χ0) is 25.8. The quantitative estimate of drug-likeness (QED) is 0.425. The Kier molecular flexibility index (Phi) is 7.88. The highest BCUT2D eigenvalue weighted by atomic mass is 35.5. The molecule has 1 aliphatic heterocycles. The van der Waals surface area contributed by atoms with Crippen molar-refractivity contribution in [2.75, 3.05) is 38.6 Å². The third-order valence-corrected chi connectivity index (χ3v) is 6.92. The van der Waals surface area contributed by atoms with E-state index in [4.69, 9.17) is 18.0 Å².